The van der Waals surface area contributed by atoms with Gasteiger partial charge in [0.15, 0.2) is 5.82 Å². The predicted octanol–water partition coefficient (Wildman–Crippen LogP) is 3.19. The van der Waals surface area contributed by atoms with E-state index in [1.165, 1.54) is 17.9 Å². The van der Waals surface area contributed by atoms with Gasteiger partial charge in [0.05, 0.1) is 7.11 Å². The molecule has 1 fully saturated rings. The van der Waals surface area contributed by atoms with E-state index in [1.54, 1.807) is 19.2 Å². The number of amides is 2. The molecule has 7 nitrogen and oxygen atoms in total. The first-order valence-electron chi connectivity index (χ1n) is 7.54. The lowest BCUT2D eigenvalue weighted by atomic mass is 10.1. The lowest BCUT2D eigenvalue weighted by Gasteiger charge is -2.06. The van der Waals surface area contributed by atoms with Crippen LogP contribution in [0.25, 0.3) is 0 Å². The zero-order chi connectivity index (χ0) is 18.1. The summed E-state index contributed by atoms with van der Waals surface area (Å²) in [5, 5.41) is 10.7. The number of hydrogen-bond donors (Lipinski definition) is 2. The van der Waals surface area contributed by atoms with Gasteiger partial charge in [-0.25, -0.2) is 9.59 Å². The molecule has 25 heavy (non-hydrogen) atoms. The van der Waals surface area contributed by atoms with E-state index in [2.05, 4.69) is 20.5 Å². The van der Waals surface area contributed by atoms with Crippen molar-refractivity contribution in [3.63, 3.8) is 0 Å². The van der Waals surface area contributed by atoms with Crippen LogP contribution in [0.4, 0.5) is 10.6 Å². The van der Waals surface area contributed by atoms with Gasteiger partial charge in [-0.3, -0.25) is 10.00 Å². The largest absolute Gasteiger partial charge is 0.464 e. The number of esters is 1. The highest BCUT2D eigenvalue weighted by atomic mass is 35.5. The van der Waals surface area contributed by atoms with Crippen LogP contribution in [0.5, 0.6) is 0 Å². The molecular weight excluding hydrogens is 367 g/mol. The number of benzene rings is 1. The van der Waals surface area contributed by atoms with Crippen LogP contribution < -0.4 is 10.6 Å². The van der Waals surface area contributed by atoms with E-state index in [-0.39, 0.29) is 23.5 Å². The Morgan fingerprint density at radius 3 is 2.76 bits per heavy atom. The van der Waals surface area contributed by atoms with E-state index in [9.17, 15) is 9.59 Å². The number of hydrogen-bond acceptors (Lipinski definition) is 4. The molecule has 0 radical (unpaired) electrons. The van der Waals surface area contributed by atoms with Crippen molar-refractivity contribution in [2.24, 2.45) is 7.05 Å². The summed E-state index contributed by atoms with van der Waals surface area (Å²) in [6, 6.07) is 6.38. The van der Waals surface area contributed by atoms with Gasteiger partial charge >= 0.3 is 12.0 Å². The van der Waals surface area contributed by atoms with Crippen LogP contribution in [-0.4, -0.2) is 34.9 Å². The van der Waals surface area contributed by atoms with Crippen molar-refractivity contribution >= 4 is 41.0 Å². The molecule has 3 rings (SSSR count). The number of halogens is 2. The van der Waals surface area contributed by atoms with Gasteiger partial charge in [0.1, 0.15) is 5.69 Å². The summed E-state index contributed by atoms with van der Waals surface area (Å²) in [7, 11) is 2.87. The Balaban J connectivity index is 1.58. The molecule has 1 aliphatic carbocycles. The Morgan fingerprint density at radius 2 is 2.08 bits per heavy atom. The van der Waals surface area contributed by atoms with Gasteiger partial charge in [-0.05, 0) is 24.1 Å². The van der Waals surface area contributed by atoms with E-state index in [0.717, 1.165) is 12.0 Å². The van der Waals surface area contributed by atoms with Crippen LogP contribution in [-0.2, 0) is 11.8 Å². The van der Waals surface area contributed by atoms with Crippen LogP contribution in [0.15, 0.2) is 24.3 Å². The minimum absolute atomic E-state index is 0.0116. The fourth-order valence-electron chi connectivity index (χ4n) is 2.65. The average molecular weight is 383 g/mol. The smallest absolute Gasteiger partial charge is 0.356 e. The summed E-state index contributed by atoms with van der Waals surface area (Å²) in [4.78, 5) is 23.6. The van der Waals surface area contributed by atoms with Gasteiger partial charge in [0.25, 0.3) is 0 Å². The Kier molecular flexibility index (Phi) is 4.87. The maximum atomic E-state index is 12.1. The Morgan fingerprint density at radius 1 is 1.32 bits per heavy atom. The monoisotopic (exact) mass is 382 g/mol. The Labute approximate surface area is 154 Å². The molecule has 0 bridgehead atoms. The number of methoxy groups -OCH3 is 1. The first kappa shape index (κ1) is 17.6. The molecule has 2 amide bonds. The molecule has 0 saturated heterocycles. The second-order valence-corrected chi connectivity index (χ2v) is 6.59. The number of rotatable bonds is 4. The summed E-state index contributed by atoms with van der Waals surface area (Å²) in [5.41, 5.74) is 1.21. The molecule has 2 aromatic rings. The average Bonchev–Trinajstić information content (AvgIpc) is 3.19. The van der Waals surface area contributed by atoms with E-state index in [4.69, 9.17) is 23.2 Å². The number of aromatic nitrogens is 2. The summed E-state index contributed by atoms with van der Waals surface area (Å²) >= 11 is 12.1. The molecule has 1 saturated carbocycles. The van der Waals surface area contributed by atoms with Crippen molar-refractivity contribution in [2.75, 3.05) is 12.4 Å². The van der Waals surface area contributed by atoms with Gasteiger partial charge in [-0.2, -0.15) is 5.10 Å². The van der Waals surface area contributed by atoms with E-state index in [0.29, 0.717) is 10.0 Å². The van der Waals surface area contributed by atoms with Crippen molar-refractivity contribution in [2.45, 2.75) is 18.4 Å². The SMILES string of the molecule is COC(=O)c1cc(NC(=O)N[C@@H]2C[C@H]2c2ccc(Cl)cc2Cl)nn1C. The van der Waals surface area contributed by atoms with Crippen LogP contribution in [0.3, 0.4) is 0 Å². The summed E-state index contributed by atoms with van der Waals surface area (Å²) in [5.74, 6) is -0.102. The highest BCUT2D eigenvalue weighted by Gasteiger charge is 2.40. The predicted molar refractivity (Wildman–Crippen MR) is 94.3 cm³/mol. The minimum atomic E-state index is -0.525. The third kappa shape index (κ3) is 3.88. The zero-order valence-electron chi connectivity index (χ0n) is 13.5. The summed E-state index contributed by atoms with van der Waals surface area (Å²) in [6.45, 7) is 0. The maximum Gasteiger partial charge on any atom is 0.356 e. The molecule has 132 valence electrons. The third-order valence-electron chi connectivity index (χ3n) is 3.98. The molecule has 1 aliphatic rings. The standard InChI is InChI=1S/C16H16Cl2N4O3/c1-22-13(15(23)25-2)7-14(21-22)20-16(24)19-12-6-10(12)9-4-3-8(17)5-11(9)18/h3-5,7,10,12H,6H2,1-2H3,(H2,19,20,21,24)/t10-,12+/m0/s1. The number of ether oxygens (including phenoxy) is 1. The molecule has 1 aromatic carbocycles. The van der Waals surface area contributed by atoms with Crippen LogP contribution in [0.2, 0.25) is 10.0 Å². The van der Waals surface area contributed by atoms with Crippen molar-refractivity contribution in [3.8, 4) is 0 Å². The molecule has 0 unspecified atom stereocenters. The molecular formula is C16H16Cl2N4O3. The first-order valence-corrected chi connectivity index (χ1v) is 8.29. The lowest BCUT2D eigenvalue weighted by molar-refractivity contribution is 0.0588. The number of carbonyl (C=O) groups excluding carboxylic acids is 2. The number of anilines is 1. The topological polar surface area (TPSA) is 85.2 Å². The van der Waals surface area contributed by atoms with Gasteiger partial charge in [-0.1, -0.05) is 29.3 Å². The lowest BCUT2D eigenvalue weighted by Crippen LogP contribution is -2.31. The van der Waals surface area contributed by atoms with Crippen molar-refractivity contribution in [1.29, 1.82) is 0 Å². The molecule has 1 aromatic heterocycles. The van der Waals surface area contributed by atoms with Crippen LogP contribution in [0.1, 0.15) is 28.4 Å². The van der Waals surface area contributed by atoms with Crippen molar-refractivity contribution < 1.29 is 14.3 Å². The number of urea groups is 1. The molecule has 1 heterocycles. The number of carbonyl (C=O) groups is 2. The normalized spacial score (nSPS) is 18.6. The van der Waals surface area contributed by atoms with Crippen molar-refractivity contribution in [1.82, 2.24) is 15.1 Å². The summed E-state index contributed by atoms with van der Waals surface area (Å²) in [6.07, 6.45) is 0.796. The van der Waals surface area contributed by atoms with Gasteiger partial charge < -0.3 is 10.1 Å². The van der Waals surface area contributed by atoms with Gasteiger partial charge in [-0.15, -0.1) is 0 Å². The second-order valence-electron chi connectivity index (χ2n) is 5.74. The van der Waals surface area contributed by atoms with Gasteiger partial charge in [0.2, 0.25) is 0 Å². The number of aryl methyl sites for hydroxylation is 1. The highest BCUT2D eigenvalue weighted by molar-refractivity contribution is 6.35. The molecule has 0 spiro atoms. The van der Waals surface area contributed by atoms with Crippen LogP contribution in [0, 0.1) is 0 Å². The fraction of sp³-hybridized carbons (Fsp3) is 0.312. The number of nitrogens with one attached hydrogen (secondary N) is 2. The Hall–Kier alpha value is -2.25. The maximum absolute atomic E-state index is 12.1. The molecule has 9 heteroatoms. The first-order chi connectivity index (χ1) is 11.9. The molecule has 2 N–H and O–H groups in total. The third-order valence-corrected chi connectivity index (χ3v) is 4.55. The zero-order valence-corrected chi connectivity index (χ0v) is 15.1. The number of nitrogens with zero attached hydrogens (tertiary/aromatic N) is 2. The summed E-state index contributed by atoms with van der Waals surface area (Å²) < 4.78 is 5.98. The fourth-order valence-corrected chi connectivity index (χ4v) is 3.19. The highest BCUT2D eigenvalue weighted by Crippen LogP contribution is 2.44. The molecule has 0 aliphatic heterocycles. The van der Waals surface area contributed by atoms with Gasteiger partial charge in [0, 0.05) is 35.1 Å². The van der Waals surface area contributed by atoms with E-state index < -0.39 is 12.0 Å². The quantitative estimate of drug-likeness (QED) is 0.795. The van der Waals surface area contributed by atoms with E-state index in [1.807, 2.05) is 6.07 Å². The van der Waals surface area contributed by atoms with E-state index >= 15 is 0 Å². The minimum Gasteiger partial charge on any atom is -0.464 e. The van der Waals surface area contributed by atoms with Crippen molar-refractivity contribution in [3.05, 3.63) is 45.6 Å². The molecule has 2 atom stereocenters. The second kappa shape index (κ2) is 6.93. The van der Waals surface area contributed by atoms with Crippen LogP contribution >= 0.6 is 23.2 Å². The Bertz CT molecular complexity index is 837.